The molecule has 0 spiro atoms. The Morgan fingerprint density at radius 2 is 0.677 bits per heavy atom. The lowest BCUT2D eigenvalue weighted by molar-refractivity contribution is -0.132. The monoisotopic (exact) mass is 872 g/mol. The van der Waals surface area contributed by atoms with Gasteiger partial charge in [-0.2, -0.15) is 0 Å². The van der Waals surface area contributed by atoms with Crippen LogP contribution in [0.3, 0.4) is 0 Å². The molecule has 0 aliphatic heterocycles. The topological polar surface area (TPSA) is 110 Å². The molecule has 0 aliphatic rings. The fourth-order valence-corrected chi connectivity index (χ4v) is 8.20. The van der Waals surface area contributed by atoms with Crippen LogP contribution in [0.2, 0.25) is 0 Å². The van der Waals surface area contributed by atoms with Gasteiger partial charge in [0.2, 0.25) is 5.91 Å². The van der Waals surface area contributed by atoms with E-state index in [9.17, 15) is 25.2 Å². The van der Waals surface area contributed by atoms with E-state index in [-0.39, 0.29) is 0 Å². The highest BCUT2D eigenvalue weighted by molar-refractivity contribution is 5.80. The predicted molar refractivity (Wildman–Crippen MR) is 270 cm³/mol. The molecule has 0 rings (SSSR count). The van der Waals surface area contributed by atoms with Crippen LogP contribution < -0.4 is 5.32 Å². The Kier molecular flexibility index (Phi) is 48.9. The molecule has 0 bridgehead atoms. The molecule has 0 heterocycles. The molecule has 364 valence electrons. The van der Waals surface area contributed by atoms with E-state index in [1.54, 1.807) is 0 Å². The molecule has 4 atom stereocenters. The fourth-order valence-electron chi connectivity index (χ4n) is 8.20. The summed E-state index contributed by atoms with van der Waals surface area (Å²) in [5, 5.41) is 43.9. The first kappa shape index (κ1) is 60.3. The molecule has 0 fully saturated rings. The Hall–Kier alpha value is -1.73. The predicted octanol–water partition coefficient (Wildman–Crippen LogP) is 15.4. The number of carbonyl (C=O) groups excluding carboxylic acids is 1. The highest BCUT2D eigenvalue weighted by atomic mass is 16.3. The zero-order valence-corrected chi connectivity index (χ0v) is 41.1. The molecule has 0 aromatic carbocycles. The van der Waals surface area contributed by atoms with Gasteiger partial charge in [-0.3, -0.25) is 4.79 Å². The molecule has 6 heteroatoms. The maximum atomic E-state index is 12.6. The lowest BCUT2D eigenvalue weighted by Crippen LogP contribution is -2.53. The van der Waals surface area contributed by atoms with E-state index in [2.05, 4.69) is 67.8 Å². The summed E-state index contributed by atoms with van der Waals surface area (Å²) in [4.78, 5) is 12.6. The van der Waals surface area contributed by atoms with E-state index in [4.69, 9.17) is 0 Å². The number of aliphatic hydroxyl groups excluding tert-OH is 4. The highest BCUT2D eigenvalue weighted by Crippen LogP contribution is 2.16. The van der Waals surface area contributed by atoms with Crippen LogP contribution in [0.15, 0.2) is 48.6 Å². The van der Waals surface area contributed by atoms with Crippen LogP contribution in [0.1, 0.15) is 271 Å². The third kappa shape index (κ3) is 43.5. The number of amides is 1. The van der Waals surface area contributed by atoms with Gasteiger partial charge >= 0.3 is 0 Å². The minimum atomic E-state index is -1.29. The molecule has 0 aromatic heterocycles. The van der Waals surface area contributed by atoms with E-state index < -0.39 is 36.9 Å². The summed E-state index contributed by atoms with van der Waals surface area (Å²) in [6.45, 7) is 4.04. The molecule has 5 N–H and O–H groups in total. The molecule has 62 heavy (non-hydrogen) atoms. The van der Waals surface area contributed by atoms with Gasteiger partial charge in [-0.05, 0) is 89.9 Å². The fraction of sp³-hybridized carbons (Fsp3) is 0.839. The molecule has 0 aromatic rings. The van der Waals surface area contributed by atoms with Crippen LogP contribution in [0.25, 0.3) is 0 Å². The number of allylic oxidation sites excluding steroid dienone is 8. The van der Waals surface area contributed by atoms with Gasteiger partial charge in [0.1, 0.15) is 12.2 Å². The Balaban J connectivity index is 3.68. The highest BCUT2D eigenvalue weighted by Gasteiger charge is 2.28. The van der Waals surface area contributed by atoms with Crippen molar-refractivity contribution in [3.05, 3.63) is 48.6 Å². The van der Waals surface area contributed by atoms with Gasteiger partial charge in [0, 0.05) is 0 Å². The number of unbranched alkanes of at least 4 members (excludes halogenated alkanes) is 32. The summed E-state index contributed by atoms with van der Waals surface area (Å²) < 4.78 is 0. The summed E-state index contributed by atoms with van der Waals surface area (Å²) in [5.74, 6) is -0.599. The average molecular weight is 872 g/mol. The molecule has 0 saturated heterocycles. The van der Waals surface area contributed by atoms with E-state index in [1.165, 1.54) is 186 Å². The second-order valence-corrected chi connectivity index (χ2v) is 18.5. The second kappa shape index (κ2) is 50.3. The van der Waals surface area contributed by atoms with Gasteiger partial charge in [-0.25, -0.2) is 0 Å². The van der Waals surface area contributed by atoms with Crippen molar-refractivity contribution in [1.29, 1.82) is 0 Å². The van der Waals surface area contributed by atoms with E-state index in [0.29, 0.717) is 19.3 Å². The molecule has 0 saturated carbocycles. The molecule has 0 radical (unpaired) electrons. The van der Waals surface area contributed by atoms with Gasteiger partial charge in [-0.15, -0.1) is 0 Å². The van der Waals surface area contributed by atoms with Crippen molar-refractivity contribution in [3.8, 4) is 0 Å². The maximum Gasteiger partial charge on any atom is 0.249 e. The summed E-state index contributed by atoms with van der Waals surface area (Å²) in [7, 11) is 0. The summed E-state index contributed by atoms with van der Waals surface area (Å²) >= 11 is 0. The number of rotatable bonds is 49. The van der Waals surface area contributed by atoms with Crippen molar-refractivity contribution in [2.45, 2.75) is 295 Å². The number of nitrogens with one attached hydrogen (secondary N) is 1. The van der Waals surface area contributed by atoms with E-state index >= 15 is 0 Å². The smallest absolute Gasteiger partial charge is 0.249 e. The largest absolute Gasteiger partial charge is 0.394 e. The standard InChI is InChI=1S/C56H105NO5/c1-3-5-7-9-11-13-15-17-19-21-23-24-25-26-27-28-29-30-31-32-34-36-38-40-42-44-46-48-50-54(60)56(62)57-52(51-58)55(61)53(59)49-47-45-43-41-39-37-35-33-22-20-18-16-14-12-10-8-6-4-2/h16,18,26-27,33,35,41,43,52-55,58-61H,3-15,17,19-25,28-32,34,36-40,42,44-51H2,1-2H3,(H,57,62)/b18-16+,27-26-,35-33+,43-41+. The first-order valence-electron chi connectivity index (χ1n) is 27.0. The first-order valence-corrected chi connectivity index (χ1v) is 27.0. The molecule has 0 aliphatic carbocycles. The lowest BCUT2D eigenvalue weighted by Gasteiger charge is -2.27. The minimum absolute atomic E-state index is 0.358. The third-order valence-electron chi connectivity index (χ3n) is 12.5. The van der Waals surface area contributed by atoms with Crippen LogP contribution in [-0.4, -0.2) is 57.3 Å². The average Bonchev–Trinajstić information content (AvgIpc) is 3.28. The van der Waals surface area contributed by atoms with Gasteiger partial charge in [-0.1, -0.05) is 229 Å². The molecular formula is C56H105NO5. The van der Waals surface area contributed by atoms with Gasteiger partial charge in [0.25, 0.3) is 0 Å². The third-order valence-corrected chi connectivity index (χ3v) is 12.5. The van der Waals surface area contributed by atoms with Crippen LogP contribution in [0.4, 0.5) is 0 Å². The first-order chi connectivity index (χ1) is 30.5. The Morgan fingerprint density at radius 1 is 0.387 bits per heavy atom. The quantitative estimate of drug-likeness (QED) is 0.0309. The normalized spacial score (nSPS) is 14.2. The maximum absolute atomic E-state index is 12.6. The van der Waals surface area contributed by atoms with Crippen molar-refractivity contribution < 1.29 is 25.2 Å². The number of hydrogen-bond acceptors (Lipinski definition) is 5. The van der Waals surface area contributed by atoms with Crippen LogP contribution in [0.5, 0.6) is 0 Å². The second-order valence-electron chi connectivity index (χ2n) is 18.5. The lowest BCUT2D eigenvalue weighted by atomic mass is 10.00. The molecular weight excluding hydrogens is 767 g/mol. The molecule has 6 nitrogen and oxygen atoms in total. The SMILES string of the molecule is CCCCCCC/C=C/CC/C=C/CC/C=C/CCCC(O)C(O)C(CO)NC(=O)C(O)CCCCCCCCCCCCCC/C=C\CCCCCCCCCCCCCC. The van der Waals surface area contributed by atoms with Crippen molar-refractivity contribution in [1.82, 2.24) is 5.32 Å². The van der Waals surface area contributed by atoms with Crippen LogP contribution in [-0.2, 0) is 4.79 Å². The van der Waals surface area contributed by atoms with Crippen LogP contribution >= 0.6 is 0 Å². The summed E-state index contributed by atoms with van der Waals surface area (Å²) in [6, 6.07) is -1.01. The van der Waals surface area contributed by atoms with Crippen molar-refractivity contribution >= 4 is 5.91 Å². The van der Waals surface area contributed by atoms with Crippen molar-refractivity contribution in [3.63, 3.8) is 0 Å². The zero-order chi connectivity index (χ0) is 45.2. The van der Waals surface area contributed by atoms with E-state index in [0.717, 1.165) is 51.4 Å². The minimum Gasteiger partial charge on any atom is -0.394 e. The summed E-state index contributed by atoms with van der Waals surface area (Å²) in [5.41, 5.74) is 0. The molecule has 1 amide bonds. The Morgan fingerprint density at radius 3 is 1.02 bits per heavy atom. The number of hydrogen-bond donors (Lipinski definition) is 5. The van der Waals surface area contributed by atoms with Gasteiger partial charge in [0.05, 0.1) is 18.8 Å². The van der Waals surface area contributed by atoms with Gasteiger partial charge < -0.3 is 25.7 Å². The van der Waals surface area contributed by atoms with Gasteiger partial charge in [0.15, 0.2) is 0 Å². The molecule has 4 unspecified atom stereocenters. The number of carbonyl (C=O) groups is 1. The zero-order valence-electron chi connectivity index (χ0n) is 41.1. The van der Waals surface area contributed by atoms with Crippen molar-refractivity contribution in [2.24, 2.45) is 0 Å². The Labute approximate surface area is 385 Å². The van der Waals surface area contributed by atoms with Crippen molar-refractivity contribution in [2.75, 3.05) is 6.61 Å². The van der Waals surface area contributed by atoms with Crippen LogP contribution in [0, 0.1) is 0 Å². The Bertz CT molecular complexity index is 1020. The number of aliphatic hydroxyl groups is 4. The summed E-state index contributed by atoms with van der Waals surface area (Å²) in [6.07, 6.45) is 63.1. The van der Waals surface area contributed by atoms with E-state index in [1.807, 2.05) is 0 Å².